The highest BCUT2D eigenvalue weighted by molar-refractivity contribution is 7.89. The molecule has 0 saturated carbocycles. The van der Waals surface area contributed by atoms with Gasteiger partial charge in [-0.15, -0.1) is 0 Å². The van der Waals surface area contributed by atoms with Crippen molar-refractivity contribution >= 4 is 15.8 Å². The molecule has 0 atom stereocenters. The first kappa shape index (κ1) is 17.4. The van der Waals surface area contributed by atoms with Crippen LogP contribution in [0.25, 0.3) is 0 Å². The van der Waals surface area contributed by atoms with E-state index in [9.17, 15) is 8.42 Å². The van der Waals surface area contributed by atoms with E-state index in [1.54, 1.807) is 7.11 Å². The molecule has 23 heavy (non-hydrogen) atoms. The highest BCUT2D eigenvalue weighted by Crippen LogP contribution is 2.19. The first-order valence-electron chi connectivity index (χ1n) is 7.08. The Hall–Kier alpha value is -1.97. The summed E-state index contributed by atoms with van der Waals surface area (Å²) in [5.74, 6) is 0.235. The molecular formula is C14H21N5O3S. The number of nitrogens with zero attached hydrogens (tertiary/aromatic N) is 3. The van der Waals surface area contributed by atoms with Gasteiger partial charge in [0.25, 0.3) is 0 Å². The Kier molecular flexibility index (Phi) is 5.34. The number of hydrogen-bond donors (Lipinski definition) is 2. The summed E-state index contributed by atoms with van der Waals surface area (Å²) in [5, 5.41) is 12.7. The number of nitrogens with one attached hydrogen (secondary N) is 1. The molecule has 0 aliphatic heterocycles. The highest BCUT2D eigenvalue weighted by Gasteiger charge is 2.16. The zero-order valence-electron chi connectivity index (χ0n) is 13.4. The van der Waals surface area contributed by atoms with E-state index in [1.807, 2.05) is 18.5 Å². The molecule has 2 aromatic rings. The molecule has 0 aliphatic carbocycles. The van der Waals surface area contributed by atoms with Gasteiger partial charge in [0.1, 0.15) is 10.7 Å². The molecule has 0 bridgehead atoms. The van der Waals surface area contributed by atoms with Gasteiger partial charge in [0.2, 0.25) is 10.0 Å². The van der Waals surface area contributed by atoms with E-state index >= 15 is 0 Å². The fraction of sp³-hybridized carbons (Fsp3) is 0.429. The van der Waals surface area contributed by atoms with Crippen LogP contribution in [-0.4, -0.2) is 36.9 Å². The van der Waals surface area contributed by atoms with Gasteiger partial charge in [0.15, 0.2) is 0 Å². The van der Waals surface area contributed by atoms with Crippen LogP contribution < -0.4 is 10.5 Å². The van der Waals surface area contributed by atoms with E-state index in [-0.39, 0.29) is 10.7 Å². The number of ether oxygens (including phenoxy) is 1. The van der Waals surface area contributed by atoms with E-state index in [1.165, 1.54) is 18.3 Å². The first-order valence-corrected chi connectivity index (χ1v) is 8.62. The van der Waals surface area contributed by atoms with Crippen molar-refractivity contribution in [3.8, 4) is 0 Å². The normalized spacial score (nSPS) is 11.7. The first-order chi connectivity index (χ1) is 10.8. The quantitative estimate of drug-likeness (QED) is 0.771. The van der Waals surface area contributed by atoms with Crippen molar-refractivity contribution < 1.29 is 13.2 Å². The zero-order valence-corrected chi connectivity index (χ0v) is 14.2. The molecular weight excluding hydrogens is 318 g/mol. The van der Waals surface area contributed by atoms with Gasteiger partial charge < -0.3 is 10.1 Å². The van der Waals surface area contributed by atoms with Gasteiger partial charge in [-0.1, -0.05) is 0 Å². The third-order valence-electron chi connectivity index (χ3n) is 3.55. The second-order valence-corrected chi connectivity index (χ2v) is 6.64. The predicted molar refractivity (Wildman–Crippen MR) is 86.5 cm³/mol. The van der Waals surface area contributed by atoms with Crippen molar-refractivity contribution in [2.45, 2.75) is 31.8 Å². The summed E-state index contributed by atoms with van der Waals surface area (Å²) in [4.78, 5) is 4.03. The summed E-state index contributed by atoms with van der Waals surface area (Å²) in [7, 11) is -2.18. The third-order valence-corrected chi connectivity index (χ3v) is 4.49. The topological polar surface area (TPSA) is 112 Å². The molecule has 0 aromatic carbocycles. The third kappa shape index (κ3) is 4.06. The van der Waals surface area contributed by atoms with E-state index in [0.29, 0.717) is 19.7 Å². The van der Waals surface area contributed by atoms with Crippen LogP contribution in [0.15, 0.2) is 23.2 Å². The van der Waals surface area contributed by atoms with Gasteiger partial charge in [0.05, 0.1) is 18.8 Å². The molecule has 0 radical (unpaired) electrons. The fourth-order valence-corrected chi connectivity index (χ4v) is 2.97. The Morgan fingerprint density at radius 3 is 2.78 bits per heavy atom. The van der Waals surface area contributed by atoms with Crippen LogP contribution in [0.3, 0.4) is 0 Å². The molecule has 0 fully saturated rings. The summed E-state index contributed by atoms with van der Waals surface area (Å²) >= 11 is 0. The number of nitrogens with two attached hydrogens (primary N) is 1. The molecule has 126 valence electrons. The van der Waals surface area contributed by atoms with E-state index < -0.39 is 10.0 Å². The maximum absolute atomic E-state index is 11.6. The molecule has 0 aliphatic rings. The lowest BCUT2D eigenvalue weighted by molar-refractivity contribution is 0.182. The number of aryl methyl sites for hydroxylation is 1. The fourth-order valence-electron chi connectivity index (χ4n) is 2.31. The van der Waals surface area contributed by atoms with E-state index in [4.69, 9.17) is 9.88 Å². The Balaban J connectivity index is 2.21. The number of aromatic nitrogens is 3. The molecule has 8 nitrogen and oxygen atoms in total. The monoisotopic (exact) mass is 339 g/mol. The summed E-state index contributed by atoms with van der Waals surface area (Å²) in [6.07, 6.45) is 1.51. The van der Waals surface area contributed by atoms with E-state index in [2.05, 4.69) is 15.4 Å². The molecule has 3 N–H and O–H groups in total. The average Bonchev–Trinajstić information content (AvgIpc) is 2.76. The van der Waals surface area contributed by atoms with E-state index in [0.717, 1.165) is 17.0 Å². The molecule has 2 rings (SSSR count). The lowest BCUT2D eigenvalue weighted by Gasteiger charge is -2.10. The largest absolute Gasteiger partial charge is 0.383 e. The summed E-state index contributed by atoms with van der Waals surface area (Å²) in [6, 6.07) is 2.95. The Bertz CT molecular complexity index is 786. The van der Waals surface area contributed by atoms with Gasteiger partial charge in [-0.25, -0.2) is 18.5 Å². The standard InChI is InChI=1S/C14H21N5O3S/c1-10-12(11(2)19(18-10)7-8-22-3)9-17-14-13(23(15,20)21)5-4-6-16-14/h4-6H,7-9H2,1-3H3,(H,16,17)(H2,15,20,21). The van der Waals surface area contributed by atoms with Crippen LogP contribution in [-0.2, 0) is 27.8 Å². The van der Waals surface area contributed by atoms with Crippen molar-refractivity contribution in [2.75, 3.05) is 19.0 Å². The van der Waals surface area contributed by atoms with Gasteiger partial charge >= 0.3 is 0 Å². The van der Waals surface area contributed by atoms with Crippen LogP contribution in [0.4, 0.5) is 5.82 Å². The van der Waals surface area contributed by atoms with Crippen LogP contribution >= 0.6 is 0 Å². The Morgan fingerprint density at radius 1 is 1.39 bits per heavy atom. The molecule has 0 spiro atoms. The molecule has 0 unspecified atom stereocenters. The van der Waals surface area contributed by atoms with Crippen LogP contribution in [0, 0.1) is 13.8 Å². The number of anilines is 1. The van der Waals surface area contributed by atoms with Gasteiger partial charge in [0, 0.05) is 31.1 Å². The number of sulfonamides is 1. The molecule has 9 heteroatoms. The molecule has 0 saturated heterocycles. The van der Waals surface area contributed by atoms with Gasteiger partial charge in [-0.05, 0) is 26.0 Å². The minimum absolute atomic E-state index is 0.0259. The minimum atomic E-state index is -3.83. The highest BCUT2D eigenvalue weighted by atomic mass is 32.2. The van der Waals surface area contributed by atoms with Crippen molar-refractivity contribution in [3.63, 3.8) is 0 Å². The number of hydrogen-bond acceptors (Lipinski definition) is 6. The predicted octanol–water partition coefficient (Wildman–Crippen LogP) is 0.801. The minimum Gasteiger partial charge on any atom is -0.383 e. The second-order valence-electron chi connectivity index (χ2n) is 5.11. The number of rotatable bonds is 7. The summed E-state index contributed by atoms with van der Waals surface area (Å²) in [5.41, 5.74) is 2.87. The smallest absolute Gasteiger partial charge is 0.241 e. The Labute approximate surface area is 135 Å². The number of methoxy groups -OCH3 is 1. The SMILES string of the molecule is COCCn1nc(C)c(CNc2ncccc2S(N)(=O)=O)c1C. The van der Waals surface area contributed by atoms with Gasteiger partial charge in [-0.3, -0.25) is 4.68 Å². The number of primary sulfonamides is 1. The number of pyridine rings is 1. The lowest BCUT2D eigenvalue weighted by atomic mass is 10.2. The molecule has 2 aromatic heterocycles. The summed E-state index contributed by atoms with van der Waals surface area (Å²) < 4.78 is 30.1. The summed E-state index contributed by atoms with van der Waals surface area (Å²) in [6.45, 7) is 5.52. The maximum atomic E-state index is 11.6. The molecule has 0 amide bonds. The second kappa shape index (κ2) is 7.07. The lowest BCUT2D eigenvalue weighted by Crippen LogP contribution is -2.16. The maximum Gasteiger partial charge on any atom is 0.241 e. The van der Waals surface area contributed by atoms with Crippen molar-refractivity contribution in [1.29, 1.82) is 0 Å². The van der Waals surface area contributed by atoms with Crippen LogP contribution in [0.1, 0.15) is 17.0 Å². The Morgan fingerprint density at radius 2 is 2.13 bits per heavy atom. The molecule has 2 heterocycles. The van der Waals surface area contributed by atoms with Crippen molar-refractivity contribution in [2.24, 2.45) is 5.14 Å². The van der Waals surface area contributed by atoms with Crippen molar-refractivity contribution in [1.82, 2.24) is 14.8 Å². The zero-order chi connectivity index (χ0) is 17.0. The van der Waals surface area contributed by atoms with Crippen LogP contribution in [0.5, 0.6) is 0 Å². The van der Waals surface area contributed by atoms with Crippen LogP contribution in [0.2, 0.25) is 0 Å². The van der Waals surface area contributed by atoms with Crippen molar-refractivity contribution in [3.05, 3.63) is 35.3 Å². The van der Waals surface area contributed by atoms with Gasteiger partial charge in [-0.2, -0.15) is 5.10 Å². The average molecular weight is 339 g/mol.